The summed E-state index contributed by atoms with van der Waals surface area (Å²) in [5, 5.41) is 0. The van der Waals surface area contributed by atoms with Crippen LogP contribution in [-0.4, -0.2) is 30.6 Å². The molecule has 1 rings (SSSR count). The van der Waals surface area contributed by atoms with Crippen LogP contribution in [0.15, 0.2) is 16.9 Å². The molecule has 0 aliphatic heterocycles. The van der Waals surface area contributed by atoms with Crippen molar-refractivity contribution in [3.05, 3.63) is 12.5 Å². The van der Waals surface area contributed by atoms with Crippen molar-refractivity contribution in [3.8, 4) is 6.08 Å². The van der Waals surface area contributed by atoms with E-state index in [1.165, 1.54) is 0 Å². The molecular formula is C3H2NO10S3-. The van der Waals surface area contributed by atoms with Gasteiger partial charge in [-0.15, -0.1) is 0 Å². The lowest BCUT2D eigenvalue weighted by atomic mass is 11.0. The molecule has 1 unspecified atom stereocenters. The summed E-state index contributed by atoms with van der Waals surface area (Å²) in [7, 11) is -10.5. The lowest BCUT2D eigenvalue weighted by molar-refractivity contribution is 0.312. The number of oxazole rings is 1. The molecule has 0 fully saturated rings. The first-order chi connectivity index (χ1) is 7.70. The molecule has 0 saturated heterocycles. The fourth-order valence-electron chi connectivity index (χ4n) is 0.534. The third-order valence-electron chi connectivity index (χ3n) is 0.889. The molecule has 0 aromatic carbocycles. The van der Waals surface area contributed by atoms with Gasteiger partial charge < -0.3 is 13.2 Å². The Hall–Kier alpha value is -1.06. The van der Waals surface area contributed by atoms with Crippen molar-refractivity contribution in [2.75, 3.05) is 0 Å². The predicted octanol–water partition coefficient (Wildman–Crippen LogP) is -1.63. The van der Waals surface area contributed by atoms with Gasteiger partial charge in [-0.25, -0.2) is 4.21 Å². The third kappa shape index (κ3) is 5.20. The molecule has 17 heavy (non-hydrogen) atoms. The Bertz CT molecular complexity index is 583. The van der Waals surface area contributed by atoms with Gasteiger partial charge in [0.15, 0.2) is 0 Å². The highest BCUT2D eigenvalue weighted by molar-refractivity contribution is 7.99. The zero-order valence-electron chi connectivity index (χ0n) is 7.41. The van der Waals surface area contributed by atoms with Gasteiger partial charge in [-0.2, -0.15) is 25.4 Å². The van der Waals surface area contributed by atoms with E-state index in [0.717, 1.165) is 12.5 Å². The molecule has 0 aliphatic carbocycles. The van der Waals surface area contributed by atoms with Crippen LogP contribution in [0.2, 0.25) is 0 Å². The molecule has 14 heteroatoms. The van der Waals surface area contributed by atoms with Crippen LogP contribution in [0.4, 0.5) is 0 Å². The van der Waals surface area contributed by atoms with Gasteiger partial charge in [0.05, 0.1) is 6.20 Å². The minimum atomic E-state index is -5.34. The largest absolute Gasteiger partial charge is 0.749 e. The van der Waals surface area contributed by atoms with Crippen molar-refractivity contribution in [1.82, 2.24) is 4.98 Å². The van der Waals surface area contributed by atoms with Crippen molar-refractivity contribution < 1.29 is 41.5 Å². The SMILES string of the molecule is O=S([O-])OS(=O)(=O)OS(=O)(=O)Oc1ncco1. The van der Waals surface area contributed by atoms with E-state index in [0.29, 0.717) is 0 Å². The van der Waals surface area contributed by atoms with Crippen molar-refractivity contribution in [1.29, 1.82) is 0 Å². The Morgan fingerprint density at radius 1 is 1.29 bits per heavy atom. The van der Waals surface area contributed by atoms with Gasteiger partial charge in [0.25, 0.3) is 0 Å². The Labute approximate surface area is 97.5 Å². The molecular weight excluding hydrogens is 306 g/mol. The van der Waals surface area contributed by atoms with E-state index in [1.54, 1.807) is 0 Å². The maximum absolute atomic E-state index is 10.9. The summed E-state index contributed by atoms with van der Waals surface area (Å²) in [6.45, 7) is 0. The van der Waals surface area contributed by atoms with Gasteiger partial charge in [-0.3, -0.25) is 0 Å². The van der Waals surface area contributed by atoms with Crippen molar-refractivity contribution in [2.24, 2.45) is 0 Å². The van der Waals surface area contributed by atoms with Crippen LogP contribution in [0.1, 0.15) is 0 Å². The summed E-state index contributed by atoms with van der Waals surface area (Å²) in [6.07, 6.45) is 1.11. The van der Waals surface area contributed by atoms with Crippen LogP contribution >= 0.6 is 0 Å². The fraction of sp³-hybridized carbons (Fsp3) is 0. The molecule has 0 bridgehead atoms. The number of rotatable bonds is 6. The molecule has 0 radical (unpaired) electrons. The zero-order chi connectivity index (χ0) is 13.1. The van der Waals surface area contributed by atoms with Gasteiger partial charge in [-0.05, 0) is 0 Å². The van der Waals surface area contributed by atoms with Gasteiger partial charge in [0.2, 0.25) is 0 Å². The van der Waals surface area contributed by atoms with Crippen LogP contribution in [0.25, 0.3) is 0 Å². The smallest absolute Gasteiger partial charge is 0.469 e. The van der Waals surface area contributed by atoms with E-state index >= 15 is 0 Å². The lowest BCUT2D eigenvalue weighted by Gasteiger charge is -2.05. The third-order valence-corrected chi connectivity index (χ3v) is 3.68. The van der Waals surface area contributed by atoms with Gasteiger partial charge in [0.1, 0.15) is 17.6 Å². The first-order valence-electron chi connectivity index (χ1n) is 3.29. The quantitative estimate of drug-likeness (QED) is 0.554. The number of nitrogens with zero attached hydrogens (tertiary/aromatic N) is 1. The van der Waals surface area contributed by atoms with Crippen LogP contribution in [0, 0.1) is 0 Å². The standard InChI is InChI=1S/C3H3NO10S3/c5-15(6)13-17(9,10)14-16(7,8)12-3-4-1-2-11-3/h1-2H,(H,5,6)/p-1. The van der Waals surface area contributed by atoms with E-state index in [1.807, 2.05) is 0 Å². The molecule has 0 N–H and O–H groups in total. The average molecular weight is 308 g/mol. The second kappa shape index (κ2) is 5.07. The monoisotopic (exact) mass is 308 g/mol. The summed E-state index contributed by atoms with van der Waals surface area (Å²) in [5.41, 5.74) is 0. The Kier molecular flexibility index (Phi) is 4.17. The van der Waals surface area contributed by atoms with Gasteiger partial charge in [0, 0.05) is 0 Å². The summed E-state index contributed by atoms with van der Waals surface area (Å²) in [5.74, 6) is 0. The number of aromatic nitrogens is 1. The van der Waals surface area contributed by atoms with E-state index in [4.69, 9.17) is 0 Å². The summed E-state index contributed by atoms with van der Waals surface area (Å²) >= 11 is -3.53. The van der Waals surface area contributed by atoms with E-state index in [2.05, 4.69) is 20.8 Å². The lowest BCUT2D eigenvalue weighted by Crippen LogP contribution is -2.21. The van der Waals surface area contributed by atoms with E-state index in [9.17, 15) is 25.6 Å². The van der Waals surface area contributed by atoms with Crippen LogP contribution in [0.5, 0.6) is 6.08 Å². The maximum Gasteiger partial charge on any atom is 0.469 e. The van der Waals surface area contributed by atoms with E-state index < -0.39 is 38.2 Å². The highest BCUT2D eigenvalue weighted by Gasteiger charge is 2.28. The second-order valence-electron chi connectivity index (χ2n) is 2.04. The zero-order valence-corrected chi connectivity index (χ0v) is 9.86. The Balaban J connectivity index is 2.77. The molecule has 11 nitrogen and oxygen atoms in total. The summed E-state index contributed by atoms with van der Waals surface area (Å²) in [4.78, 5) is 3.19. The van der Waals surface area contributed by atoms with Crippen LogP contribution in [0.3, 0.4) is 0 Å². The Morgan fingerprint density at radius 2 is 1.94 bits per heavy atom. The molecule has 0 saturated carbocycles. The molecule has 0 aliphatic rings. The minimum absolute atomic E-state index is 0.830. The molecule has 1 heterocycles. The molecule has 0 amide bonds. The summed E-state index contributed by atoms with van der Waals surface area (Å²) in [6, 6.07) is 0. The molecule has 0 spiro atoms. The fourth-order valence-corrected chi connectivity index (χ4v) is 2.56. The maximum atomic E-state index is 10.9. The summed E-state index contributed by atoms with van der Waals surface area (Å²) < 4.78 is 77.4. The minimum Gasteiger partial charge on any atom is -0.749 e. The van der Waals surface area contributed by atoms with Gasteiger partial charge in [-0.1, -0.05) is 3.63 Å². The predicted molar refractivity (Wildman–Crippen MR) is 46.1 cm³/mol. The highest BCUT2D eigenvalue weighted by atomic mass is 32.3. The topological polar surface area (TPSA) is 162 Å². The van der Waals surface area contributed by atoms with Gasteiger partial charge >= 0.3 is 26.9 Å². The van der Waals surface area contributed by atoms with Crippen molar-refractivity contribution >= 4 is 32.2 Å². The second-order valence-corrected chi connectivity index (χ2v) is 5.33. The van der Waals surface area contributed by atoms with E-state index in [-0.39, 0.29) is 0 Å². The normalized spacial score (nSPS) is 14.4. The first-order valence-corrected chi connectivity index (χ1v) is 6.96. The first kappa shape index (κ1) is 14.0. The number of hydrogen-bond donors (Lipinski definition) is 0. The van der Waals surface area contributed by atoms with Crippen LogP contribution in [-0.2, 0) is 39.4 Å². The van der Waals surface area contributed by atoms with Crippen molar-refractivity contribution in [2.45, 2.75) is 0 Å². The molecule has 98 valence electrons. The Morgan fingerprint density at radius 3 is 2.41 bits per heavy atom. The molecule has 1 aromatic heterocycles. The molecule has 1 aromatic rings. The number of hydrogen-bond acceptors (Lipinski definition) is 11. The highest BCUT2D eigenvalue weighted by Crippen LogP contribution is 2.12. The molecule has 1 atom stereocenters. The average Bonchev–Trinajstić information content (AvgIpc) is 2.49. The van der Waals surface area contributed by atoms with Crippen LogP contribution < -0.4 is 4.18 Å². The van der Waals surface area contributed by atoms with Crippen molar-refractivity contribution in [3.63, 3.8) is 0 Å².